The number of carboxylic acid groups (broad SMARTS) is 2. The maximum Gasteiger partial charge on any atom is 0.342 e. The first-order chi connectivity index (χ1) is 5.04. The van der Waals surface area contributed by atoms with Gasteiger partial charge in [-0.1, -0.05) is 6.08 Å². The van der Waals surface area contributed by atoms with E-state index in [9.17, 15) is 9.59 Å². The third kappa shape index (κ3) is 5.35. The van der Waals surface area contributed by atoms with E-state index in [1.165, 1.54) is 0 Å². The Kier molecular flexibility index (Phi) is 4.21. The fourth-order valence-electron chi connectivity index (χ4n) is 0.286. The van der Waals surface area contributed by atoms with Gasteiger partial charge in [0.25, 0.3) is 0 Å². The predicted octanol–water partition coefficient (Wildman–Crippen LogP) is 0.991. The first-order valence-corrected chi connectivity index (χ1v) is 3.33. The third-order valence-corrected chi connectivity index (χ3v) is 1.29. The molecule has 11 heavy (non-hydrogen) atoms. The Balaban J connectivity index is 4.13. The molecule has 0 rings (SSSR count). The molecular formula is C6H5BrO4. The molecule has 0 amide bonds. The molecule has 0 atom stereocenters. The summed E-state index contributed by atoms with van der Waals surface area (Å²) in [4.78, 5) is 20.0. The first-order valence-electron chi connectivity index (χ1n) is 2.54. The van der Waals surface area contributed by atoms with Crippen molar-refractivity contribution in [2.45, 2.75) is 0 Å². The SMILES string of the molecule is O=C(O)/C=C\C=C(/Br)C(=O)O. The van der Waals surface area contributed by atoms with E-state index < -0.39 is 11.9 Å². The fraction of sp³-hybridized carbons (Fsp3) is 0. The van der Waals surface area contributed by atoms with Crippen LogP contribution in [0, 0.1) is 0 Å². The van der Waals surface area contributed by atoms with Crippen molar-refractivity contribution in [2.24, 2.45) is 0 Å². The topological polar surface area (TPSA) is 74.6 Å². The Hall–Kier alpha value is -1.10. The second kappa shape index (κ2) is 4.68. The summed E-state index contributed by atoms with van der Waals surface area (Å²) in [5, 5.41) is 16.3. The minimum atomic E-state index is -1.14. The summed E-state index contributed by atoms with van der Waals surface area (Å²) in [6.45, 7) is 0. The highest BCUT2D eigenvalue weighted by molar-refractivity contribution is 9.12. The third-order valence-electron chi connectivity index (χ3n) is 0.686. The predicted molar refractivity (Wildman–Crippen MR) is 41.4 cm³/mol. The molecule has 0 aliphatic rings. The number of rotatable bonds is 3. The highest BCUT2D eigenvalue weighted by Gasteiger charge is 1.98. The van der Waals surface area contributed by atoms with Crippen molar-refractivity contribution in [3.63, 3.8) is 0 Å². The lowest BCUT2D eigenvalue weighted by Gasteiger charge is -1.84. The lowest BCUT2D eigenvalue weighted by molar-refractivity contribution is -0.132. The van der Waals surface area contributed by atoms with Gasteiger partial charge in [-0.3, -0.25) is 0 Å². The summed E-state index contributed by atoms with van der Waals surface area (Å²) < 4.78 is -0.0880. The van der Waals surface area contributed by atoms with Gasteiger partial charge in [-0.25, -0.2) is 9.59 Å². The van der Waals surface area contributed by atoms with Gasteiger partial charge in [0.05, 0.1) is 0 Å². The lowest BCUT2D eigenvalue weighted by atomic mass is 10.4. The normalized spacial score (nSPS) is 11.9. The van der Waals surface area contributed by atoms with Gasteiger partial charge < -0.3 is 10.2 Å². The zero-order valence-corrected chi connectivity index (χ0v) is 6.91. The van der Waals surface area contributed by atoms with E-state index in [1.54, 1.807) is 0 Å². The van der Waals surface area contributed by atoms with Gasteiger partial charge in [-0.05, 0) is 22.0 Å². The molecule has 4 nitrogen and oxygen atoms in total. The quantitative estimate of drug-likeness (QED) is 0.550. The van der Waals surface area contributed by atoms with Crippen LogP contribution in [0.25, 0.3) is 0 Å². The van der Waals surface area contributed by atoms with Gasteiger partial charge in [-0.15, -0.1) is 0 Å². The van der Waals surface area contributed by atoms with E-state index in [2.05, 4.69) is 15.9 Å². The molecule has 0 bridgehead atoms. The highest BCUT2D eigenvalue weighted by atomic mass is 79.9. The van der Waals surface area contributed by atoms with Gasteiger partial charge in [0, 0.05) is 6.08 Å². The van der Waals surface area contributed by atoms with Crippen molar-refractivity contribution in [1.29, 1.82) is 0 Å². The Morgan fingerprint density at radius 2 is 1.82 bits per heavy atom. The maximum absolute atomic E-state index is 10.1. The van der Waals surface area contributed by atoms with E-state index >= 15 is 0 Å². The summed E-state index contributed by atoms with van der Waals surface area (Å²) in [5.74, 6) is -2.26. The molecule has 5 heteroatoms. The number of halogens is 1. The van der Waals surface area contributed by atoms with E-state index in [0.29, 0.717) is 0 Å². The summed E-state index contributed by atoms with van der Waals surface area (Å²) in [6, 6.07) is 0. The Bertz CT molecular complexity index is 229. The van der Waals surface area contributed by atoms with Crippen molar-refractivity contribution in [3.8, 4) is 0 Å². The number of carbonyl (C=O) groups is 2. The molecule has 60 valence electrons. The molecule has 0 saturated heterocycles. The Morgan fingerprint density at radius 3 is 2.18 bits per heavy atom. The van der Waals surface area contributed by atoms with E-state index in [-0.39, 0.29) is 4.48 Å². The Labute approximate surface area is 71.0 Å². The number of carboxylic acids is 2. The summed E-state index contributed by atoms with van der Waals surface area (Å²) in [6.07, 6.45) is 3.10. The number of aliphatic carboxylic acids is 2. The molecule has 2 N–H and O–H groups in total. The molecule has 0 fully saturated rings. The first kappa shape index (κ1) is 9.90. The second-order valence-corrected chi connectivity index (χ2v) is 2.37. The minimum absolute atomic E-state index is 0.0880. The molecule has 0 aromatic carbocycles. The van der Waals surface area contributed by atoms with Crippen LogP contribution in [0.3, 0.4) is 0 Å². The van der Waals surface area contributed by atoms with Crippen LogP contribution < -0.4 is 0 Å². The number of allylic oxidation sites excluding steroid dienone is 2. The van der Waals surface area contributed by atoms with E-state index in [0.717, 1.165) is 18.2 Å². The minimum Gasteiger partial charge on any atom is -0.478 e. The van der Waals surface area contributed by atoms with Crippen LogP contribution in [0.1, 0.15) is 0 Å². The van der Waals surface area contributed by atoms with Crippen molar-refractivity contribution in [2.75, 3.05) is 0 Å². The second-order valence-electron chi connectivity index (χ2n) is 1.52. The molecule has 0 aliphatic carbocycles. The van der Waals surface area contributed by atoms with Gasteiger partial charge in [-0.2, -0.15) is 0 Å². The van der Waals surface area contributed by atoms with Crippen LogP contribution in [0.5, 0.6) is 0 Å². The molecule has 0 aromatic rings. The van der Waals surface area contributed by atoms with E-state index in [4.69, 9.17) is 10.2 Å². The molecule has 0 spiro atoms. The van der Waals surface area contributed by atoms with Crippen LogP contribution in [-0.4, -0.2) is 22.2 Å². The van der Waals surface area contributed by atoms with Crippen LogP contribution >= 0.6 is 15.9 Å². The van der Waals surface area contributed by atoms with Crippen molar-refractivity contribution < 1.29 is 19.8 Å². The molecule has 0 saturated carbocycles. The van der Waals surface area contributed by atoms with Gasteiger partial charge in [0.1, 0.15) is 4.48 Å². The molecule has 0 aromatic heterocycles. The summed E-state index contributed by atoms with van der Waals surface area (Å²) >= 11 is 2.71. The van der Waals surface area contributed by atoms with Crippen LogP contribution in [-0.2, 0) is 9.59 Å². The number of hydrogen-bond donors (Lipinski definition) is 2. The van der Waals surface area contributed by atoms with Crippen molar-refractivity contribution in [1.82, 2.24) is 0 Å². The Morgan fingerprint density at radius 1 is 1.27 bits per heavy atom. The zero-order chi connectivity index (χ0) is 8.85. The van der Waals surface area contributed by atoms with E-state index in [1.807, 2.05) is 0 Å². The largest absolute Gasteiger partial charge is 0.478 e. The van der Waals surface area contributed by atoms with Crippen molar-refractivity contribution in [3.05, 3.63) is 22.7 Å². The molecule has 0 unspecified atom stereocenters. The monoisotopic (exact) mass is 220 g/mol. The average molecular weight is 221 g/mol. The van der Waals surface area contributed by atoms with Gasteiger partial charge in [0.2, 0.25) is 0 Å². The van der Waals surface area contributed by atoms with Gasteiger partial charge in [0.15, 0.2) is 0 Å². The molecule has 0 radical (unpaired) electrons. The highest BCUT2D eigenvalue weighted by Crippen LogP contribution is 2.03. The number of hydrogen-bond acceptors (Lipinski definition) is 2. The molecule has 0 heterocycles. The van der Waals surface area contributed by atoms with Crippen molar-refractivity contribution >= 4 is 27.9 Å². The zero-order valence-electron chi connectivity index (χ0n) is 5.32. The fourth-order valence-corrected chi connectivity index (χ4v) is 0.439. The van der Waals surface area contributed by atoms with Crippen LogP contribution in [0.2, 0.25) is 0 Å². The molecule has 0 aliphatic heterocycles. The molecular weight excluding hydrogens is 216 g/mol. The summed E-state index contributed by atoms with van der Waals surface area (Å²) in [5.41, 5.74) is 0. The summed E-state index contributed by atoms with van der Waals surface area (Å²) in [7, 11) is 0. The smallest absolute Gasteiger partial charge is 0.342 e. The van der Waals surface area contributed by atoms with Gasteiger partial charge >= 0.3 is 11.9 Å². The maximum atomic E-state index is 10.1. The average Bonchev–Trinajstić information content (AvgIpc) is 1.86. The lowest BCUT2D eigenvalue weighted by Crippen LogP contribution is -1.92. The standard InChI is InChI=1S/C6H5BrO4/c7-4(6(10)11)2-1-3-5(8)9/h1-3H,(H,8,9)(H,10,11)/b3-1-,4-2-. The van der Waals surface area contributed by atoms with Crippen LogP contribution in [0.4, 0.5) is 0 Å². The van der Waals surface area contributed by atoms with Crippen LogP contribution in [0.15, 0.2) is 22.7 Å².